The van der Waals surface area contributed by atoms with Crippen molar-refractivity contribution in [3.8, 4) is 0 Å². The number of anilines is 1. The number of aliphatic hydroxyl groups is 1. The number of rotatable bonds is 6. The molecule has 0 aliphatic rings. The van der Waals surface area contributed by atoms with Gasteiger partial charge in [0, 0.05) is 17.6 Å². The molecule has 0 radical (unpaired) electrons. The van der Waals surface area contributed by atoms with Crippen LogP contribution in [0.5, 0.6) is 0 Å². The van der Waals surface area contributed by atoms with Crippen molar-refractivity contribution in [2.45, 2.75) is 13.0 Å². The Morgan fingerprint density at radius 3 is 2.35 bits per heavy atom. The van der Waals surface area contributed by atoms with Crippen molar-refractivity contribution in [1.82, 2.24) is 0 Å². The van der Waals surface area contributed by atoms with Crippen LogP contribution in [0.1, 0.15) is 18.6 Å². The summed E-state index contributed by atoms with van der Waals surface area (Å²) in [6, 6.07) is 5.88. The van der Waals surface area contributed by atoms with Gasteiger partial charge in [-0.05, 0) is 40.5 Å². The molecule has 0 aliphatic heterocycles. The fourth-order valence-electron chi connectivity index (χ4n) is 1.62. The van der Waals surface area contributed by atoms with Gasteiger partial charge >= 0.3 is 0 Å². The number of aliphatic hydroxyl groups excluding tert-OH is 1. The molecular formula is C14H18BrNO. The molecule has 0 saturated heterocycles. The molecule has 1 N–H and O–H groups in total. The monoisotopic (exact) mass is 295 g/mol. The molecule has 1 aromatic carbocycles. The smallest absolute Gasteiger partial charge is 0.0762 e. The van der Waals surface area contributed by atoms with Crippen molar-refractivity contribution in [2.24, 2.45) is 0 Å². The van der Waals surface area contributed by atoms with Gasteiger partial charge in [-0.2, -0.15) is 0 Å². The van der Waals surface area contributed by atoms with E-state index in [1.165, 1.54) is 0 Å². The molecule has 0 fully saturated rings. The number of hydrogen-bond donors (Lipinski definition) is 1. The van der Waals surface area contributed by atoms with E-state index < -0.39 is 6.10 Å². The van der Waals surface area contributed by atoms with Crippen LogP contribution in [0.3, 0.4) is 0 Å². The normalized spacial score (nSPS) is 11.9. The second-order valence-electron chi connectivity index (χ2n) is 3.87. The fourth-order valence-corrected chi connectivity index (χ4v) is 2.27. The minimum atomic E-state index is -0.451. The summed E-state index contributed by atoms with van der Waals surface area (Å²) in [4.78, 5) is 2.15. The highest BCUT2D eigenvalue weighted by Gasteiger charge is 2.09. The van der Waals surface area contributed by atoms with Crippen LogP contribution in [0, 0.1) is 0 Å². The average molecular weight is 296 g/mol. The van der Waals surface area contributed by atoms with E-state index in [1.54, 1.807) is 6.92 Å². The summed E-state index contributed by atoms with van der Waals surface area (Å²) in [6.45, 7) is 10.8. The molecule has 0 heterocycles. The van der Waals surface area contributed by atoms with Crippen LogP contribution in [-0.2, 0) is 0 Å². The van der Waals surface area contributed by atoms with Crippen molar-refractivity contribution in [1.29, 1.82) is 0 Å². The maximum atomic E-state index is 9.52. The van der Waals surface area contributed by atoms with E-state index in [2.05, 4.69) is 34.0 Å². The molecule has 0 aliphatic carbocycles. The highest BCUT2D eigenvalue weighted by Crippen LogP contribution is 2.29. The molecule has 0 saturated carbocycles. The van der Waals surface area contributed by atoms with Crippen molar-refractivity contribution < 1.29 is 5.11 Å². The molecule has 92 valence electrons. The standard InChI is InChI=1S/C14H18BrNO/c1-4-8-16(9-5-2)14-7-6-12(11(3)17)10-13(14)15/h4-7,10-11,17H,1-2,8-9H2,3H3/t11-/m0/s1. The molecule has 0 spiro atoms. The molecular weight excluding hydrogens is 278 g/mol. The first-order valence-corrected chi connectivity index (χ1v) is 6.33. The molecule has 1 atom stereocenters. The number of hydrogen-bond acceptors (Lipinski definition) is 2. The topological polar surface area (TPSA) is 23.5 Å². The van der Waals surface area contributed by atoms with E-state index in [-0.39, 0.29) is 0 Å². The minimum Gasteiger partial charge on any atom is -0.389 e. The summed E-state index contributed by atoms with van der Waals surface area (Å²) in [5, 5.41) is 9.52. The van der Waals surface area contributed by atoms with Crippen LogP contribution in [0.25, 0.3) is 0 Å². The van der Waals surface area contributed by atoms with Crippen LogP contribution >= 0.6 is 15.9 Å². The van der Waals surface area contributed by atoms with Crippen molar-refractivity contribution in [2.75, 3.05) is 18.0 Å². The minimum absolute atomic E-state index is 0.451. The third-order valence-corrected chi connectivity index (χ3v) is 3.13. The van der Waals surface area contributed by atoms with E-state index in [9.17, 15) is 5.11 Å². The zero-order valence-corrected chi connectivity index (χ0v) is 11.7. The zero-order chi connectivity index (χ0) is 12.8. The number of benzene rings is 1. The quantitative estimate of drug-likeness (QED) is 0.809. The summed E-state index contributed by atoms with van der Waals surface area (Å²) in [5.74, 6) is 0. The first-order chi connectivity index (χ1) is 8.10. The van der Waals surface area contributed by atoms with Crippen LogP contribution < -0.4 is 4.90 Å². The van der Waals surface area contributed by atoms with Crippen LogP contribution in [0.15, 0.2) is 48.0 Å². The molecule has 2 nitrogen and oxygen atoms in total. The van der Waals surface area contributed by atoms with Crippen LogP contribution in [-0.4, -0.2) is 18.2 Å². The second kappa shape index (κ2) is 6.62. The summed E-state index contributed by atoms with van der Waals surface area (Å²) in [7, 11) is 0. The van der Waals surface area contributed by atoms with E-state index >= 15 is 0 Å². The van der Waals surface area contributed by atoms with Crippen LogP contribution in [0.4, 0.5) is 5.69 Å². The molecule has 0 unspecified atom stereocenters. The van der Waals surface area contributed by atoms with Gasteiger partial charge in [0.2, 0.25) is 0 Å². The Kier molecular flexibility index (Phi) is 5.45. The number of nitrogens with zero attached hydrogens (tertiary/aromatic N) is 1. The van der Waals surface area contributed by atoms with Gasteiger partial charge in [0.1, 0.15) is 0 Å². The molecule has 1 aromatic rings. The summed E-state index contributed by atoms with van der Waals surface area (Å²) in [5.41, 5.74) is 1.98. The van der Waals surface area contributed by atoms with Gasteiger partial charge in [0.05, 0.1) is 11.8 Å². The largest absolute Gasteiger partial charge is 0.389 e. The van der Waals surface area contributed by atoms with Gasteiger partial charge < -0.3 is 10.0 Å². The molecule has 0 amide bonds. The third-order valence-electron chi connectivity index (χ3n) is 2.49. The Morgan fingerprint density at radius 1 is 1.35 bits per heavy atom. The van der Waals surface area contributed by atoms with Gasteiger partial charge in [-0.1, -0.05) is 18.2 Å². The lowest BCUT2D eigenvalue weighted by atomic mass is 10.1. The Balaban J connectivity index is 3.03. The predicted molar refractivity (Wildman–Crippen MR) is 77.4 cm³/mol. The van der Waals surface area contributed by atoms with Gasteiger partial charge in [0.25, 0.3) is 0 Å². The van der Waals surface area contributed by atoms with Crippen LogP contribution in [0.2, 0.25) is 0 Å². The zero-order valence-electron chi connectivity index (χ0n) is 10.1. The highest BCUT2D eigenvalue weighted by atomic mass is 79.9. The molecule has 0 aromatic heterocycles. The predicted octanol–water partition coefficient (Wildman–Crippen LogP) is 3.68. The maximum Gasteiger partial charge on any atom is 0.0762 e. The summed E-state index contributed by atoms with van der Waals surface area (Å²) in [6.07, 6.45) is 3.27. The molecule has 3 heteroatoms. The van der Waals surface area contributed by atoms with Gasteiger partial charge in [-0.25, -0.2) is 0 Å². The summed E-state index contributed by atoms with van der Waals surface area (Å²) < 4.78 is 0.972. The Bertz CT molecular complexity index is 391. The fraction of sp³-hybridized carbons (Fsp3) is 0.286. The number of halogens is 1. The SMILES string of the molecule is C=CCN(CC=C)c1ccc([C@H](C)O)cc1Br. The third kappa shape index (κ3) is 3.72. The van der Waals surface area contributed by atoms with Crippen molar-refractivity contribution in [3.05, 3.63) is 53.5 Å². The van der Waals surface area contributed by atoms with E-state index in [4.69, 9.17) is 0 Å². The molecule has 17 heavy (non-hydrogen) atoms. The molecule has 1 rings (SSSR count). The second-order valence-corrected chi connectivity index (χ2v) is 4.72. The lowest BCUT2D eigenvalue weighted by Gasteiger charge is -2.23. The average Bonchev–Trinajstić information content (AvgIpc) is 2.28. The van der Waals surface area contributed by atoms with E-state index in [1.807, 2.05) is 30.4 Å². The highest BCUT2D eigenvalue weighted by molar-refractivity contribution is 9.10. The Hall–Kier alpha value is -1.06. The van der Waals surface area contributed by atoms with Gasteiger partial charge in [-0.15, -0.1) is 13.2 Å². The lowest BCUT2D eigenvalue weighted by Crippen LogP contribution is -2.23. The van der Waals surface area contributed by atoms with Crippen molar-refractivity contribution in [3.63, 3.8) is 0 Å². The van der Waals surface area contributed by atoms with E-state index in [0.717, 1.165) is 28.8 Å². The van der Waals surface area contributed by atoms with E-state index in [0.29, 0.717) is 0 Å². The lowest BCUT2D eigenvalue weighted by molar-refractivity contribution is 0.199. The summed E-state index contributed by atoms with van der Waals surface area (Å²) >= 11 is 3.53. The molecule has 0 bridgehead atoms. The first kappa shape index (κ1) is 14.0. The first-order valence-electron chi connectivity index (χ1n) is 5.54. The van der Waals surface area contributed by atoms with Gasteiger partial charge in [0.15, 0.2) is 0 Å². The Labute approximate surface area is 111 Å². The maximum absolute atomic E-state index is 9.52. The van der Waals surface area contributed by atoms with Crippen molar-refractivity contribution >= 4 is 21.6 Å². The van der Waals surface area contributed by atoms with Gasteiger partial charge in [-0.3, -0.25) is 0 Å². The Morgan fingerprint density at radius 2 is 1.94 bits per heavy atom.